The summed E-state index contributed by atoms with van der Waals surface area (Å²) in [4.78, 5) is 14.2. The first-order valence-corrected chi connectivity index (χ1v) is 7.88. The third-order valence-corrected chi connectivity index (χ3v) is 4.65. The Morgan fingerprint density at radius 3 is 2.58 bits per heavy atom. The van der Waals surface area contributed by atoms with E-state index >= 15 is 0 Å². The molecule has 1 aromatic rings. The SMILES string of the molecule is CN(C)c1ccc(C(=O)NC2CCCC2CBr)cc1. The Morgan fingerprint density at radius 2 is 2.00 bits per heavy atom. The lowest BCUT2D eigenvalue weighted by Crippen LogP contribution is -2.37. The van der Waals surface area contributed by atoms with Crippen molar-refractivity contribution in [1.29, 1.82) is 0 Å². The first kappa shape index (κ1) is 14.4. The van der Waals surface area contributed by atoms with Crippen LogP contribution < -0.4 is 10.2 Å². The lowest BCUT2D eigenvalue weighted by Gasteiger charge is -2.19. The Kier molecular flexibility index (Phi) is 4.86. The molecule has 104 valence electrons. The van der Waals surface area contributed by atoms with Gasteiger partial charge in [0.15, 0.2) is 0 Å². The molecule has 0 radical (unpaired) electrons. The second kappa shape index (κ2) is 6.42. The number of nitrogens with zero attached hydrogens (tertiary/aromatic N) is 1. The number of hydrogen-bond donors (Lipinski definition) is 1. The predicted octanol–water partition coefficient (Wildman–Crippen LogP) is 3.05. The molecule has 19 heavy (non-hydrogen) atoms. The van der Waals surface area contributed by atoms with Gasteiger partial charge in [-0.15, -0.1) is 0 Å². The summed E-state index contributed by atoms with van der Waals surface area (Å²) in [5.41, 5.74) is 1.85. The molecule has 2 rings (SSSR count). The van der Waals surface area contributed by atoms with Crippen molar-refractivity contribution in [2.45, 2.75) is 25.3 Å². The van der Waals surface area contributed by atoms with E-state index in [4.69, 9.17) is 0 Å². The molecular formula is C15H21BrN2O. The molecule has 3 nitrogen and oxygen atoms in total. The Hall–Kier alpha value is -1.03. The number of halogens is 1. The minimum absolute atomic E-state index is 0.0446. The fraction of sp³-hybridized carbons (Fsp3) is 0.533. The summed E-state index contributed by atoms with van der Waals surface area (Å²) in [6.07, 6.45) is 3.51. The van der Waals surface area contributed by atoms with E-state index < -0.39 is 0 Å². The van der Waals surface area contributed by atoms with E-state index in [1.807, 2.05) is 43.3 Å². The van der Waals surface area contributed by atoms with Crippen molar-refractivity contribution < 1.29 is 4.79 Å². The van der Waals surface area contributed by atoms with Crippen LogP contribution in [0, 0.1) is 5.92 Å². The van der Waals surface area contributed by atoms with Crippen LogP contribution in [-0.4, -0.2) is 31.4 Å². The number of alkyl halides is 1. The molecule has 0 aromatic heterocycles. The third-order valence-electron chi connectivity index (χ3n) is 3.82. The Bertz CT molecular complexity index is 430. The highest BCUT2D eigenvalue weighted by molar-refractivity contribution is 9.09. The van der Waals surface area contributed by atoms with Gasteiger partial charge in [0.05, 0.1) is 0 Å². The number of carbonyl (C=O) groups excluding carboxylic acids is 1. The van der Waals surface area contributed by atoms with E-state index in [0.29, 0.717) is 12.0 Å². The third kappa shape index (κ3) is 3.50. The van der Waals surface area contributed by atoms with Gasteiger partial charge in [-0.3, -0.25) is 4.79 Å². The van der Waals surface area contributed by atoms with Gasteiger partial charge < -0.3 is 10.2 Å². The zero-order chi connectivity index (χ0) is 13.8. The fourth-order valence-electron chi connectivity index (χ4n) is 2.57. The number of benzene rings is 1. The van der Waals surface area contributed by atoms with Crippen molar-refractivity contribution in [3.8, 4) is 0 Å². The van der Waals surface area contributed by atoms with Gasteiger partial charge in [-0.05, 0) is 43.0 Å². The van der Waals surface area contributed by atoms with Crippen LogP contribution in [0.2, 0.25) is 0 Å². The first-order chi connectivity index (χ1) is 9.11. The summed E-state index contributed by atoms with van der Waals surface area (Å²) in [5, 5.41) is 4.13. The summed E-state index contributed by atoms with van der Waals surface area (Å²) in [7, 11) is 3.99. The van der Waals surface area contributed by atoms with Crippen LogP contribution in [0.4, 0.5) is 5.69 Å². The number of anilines is 1. The Balaban J connectivity index is 1.99. The maximum atomic E-state index is 12.2. The largest absolute Gasteiger partial charge is 0.378 e. The summed E-state index contributed by atoms with van der Waals surface area (Å²) in [6.45, 7) is 0. The highest BCUT2D eigenvalue weighted by Gasteiger charge is 2.27. The summed E-state index contributed by atoms with van der Waals surface area (Å²) < 4.78 is 0. The van der Waals surface area contributed by atoms with Gasteiger partial charge >= 0.3 is 0 Å². The van der Waals surface area contributed by atoms with E-state index in [9.17, 15) is 4.79 Å². The second-order valence-electron chi connectivity index (χ2n) is 5.37. The number of rotatable bonds is 4. The predicted molar refractivity (Wildman–Crippen MR) is 83.2 cm³/mol. The van der Waals surface area contributed by atoms with Crippen molar-refractivity contribution in [2.24, 2.45) is 5.92 Å². The van der Waals surface area contributed by atoms with Crippen LogP contribution in [0.3, 0.4) is 0 Å². The molecule has 1 amide bonds. The van der Waals surface area contributed by atoms with E-state index in [0.717, 1.165) is 23.0 Å². The number of amides is 1. The molecule has 1 aromatic carbocycles. The molecule has 0 bridgehead atoms. The van der Waals surface area contributed by atoms with Gasteiger partial charge in [-0.25, -0.2) is 0 Å². The van der Waals surface area contributed by atoms with E-state index in [2.05, 4.69) is 21.2 Å². The molecule has 1 saturated carbocycles. The van der Waals surface area contributed by atoms with Gasteiger partial charge in [0.1, 0.15) is 0 Å². The zero-order valence-corrected chi connectivity index (χ0v) is 13.1. The maximum absolute atomic E-state index is 12.2. The lowest BCUT2D eigenvalue weighted by atomic mass is 10.1. The Labute approximate surface area is 123 Å². The average Bonchev–Trinajstić information content (AvgIpc) is 2.86. The molecule has 0 heterocycles. The molecule has 1 aliphatic carbocycles. The summed E-state index contributed by atoms with van der Waals surface area (Å²) >= 11 is 3.53. The molecule has 0 aliphatic heterocycles. The summed E-state index contributed by atoms with van der Waals surface area (Å²) in [6, 6.07) is 8.06. The van der Waals surface area contributed by atoms with Crippen molar-refractivity contribution in [3.05, 3.63) is 29.8 Å². The van der Waals surface area contributed by atoms with Crippen molar-refractivity contribution >= 4 is 27.5 Å². The van der Waals surface area contributed by atoms with E-state index in [1.165, 1.54) is 12.8 Å². The van der Waals surface area contributed by atoms with Crippen molar-refractivity contribution in [1.82, 2.24) is 5.32 Å². The fourth-order valence-corrected chi connectivity index (χ4v) is 3.35. The summed E-state index contributed by atoms with van der Waals surface area (Å²) in [5.74, 6) is 0.619. The number of carbonyl (C=O) groups is 1. The average molecular weight is 325 g/mol. The highest BCUT2D eigenvalue weighted by Crippen LogP contribution is 2.27. The minimum Gasteiger partial charge on any atom is -0.378 e. The van der Waals surface area contributed by atoms with Gasteiger partial charge in [0, 0.05) is 36.7 Å². The van der Waals surface area contributed by atoms with Crippen LogP contribution in [0.1, 0.15) is 29.6 Å². The van der Waals surface area contributed by atoms with Gasteiger partial charge in [-0.1, -0.05) is 22.4 Å². The van der Waals surface area contributed by atoms with E-state index in [-0.39, 0.29) is 5.91 Å². The van der Waals surface area contributed by atoms with Crippen molar-refractivity contribution in [2.75, 3.05) is 24.3 Å². The van der Waals surface area contributed by atoms with E-state index in [1.54, 1.807) is 0 Å². The molecular weight excluding hydrogens is 304 g/mol. The smallest absolute Gasteiger partial charge is 0.251 e. The van der Waals surface area contributed by atoms with Crippen LogP contribution in [0.15, 0.2) is 24.3 Å². The van der Waals surface area contributed by atoms with Crippen LogP contribution in [-0.2, 0) is 0 Å². The lowest BCUT2D eigenvalue weighted by molar-refractivity contribution is 0.0930. The molecule has 0 saturated heterocycles. The quantitative estimate of drug-likeness (QED) is 0.863. The van der Waals surface area contributed by atoms with Crippen molar-refractivity contribution in [3.63, 3.8) is 0 Å². The normalized spacial score (nSPS) is 22.3. The zero-order valence-electron chi connectivity index (χ0n) is 11.5. The van der Waals surface area contributed by atoms with Crippen LogP contribution >= 0.6 is 15.9 Å². The maximum Gasteiger partial charge on any atom is 0.251 e. The molecule has 2 unspecified atom stereocenters. The Morgan fingerprint density at radius 1 is 1.32 bits per heavy atom. The monoisotopic (exact) mass is 324 g/mol. The highest BCUT2D eigenvalue weighted by atomic mass is 79.9. The first-order valence-electron chi connectivity index (χ1n) is 6.76. The van der Waals surface area contributed by atoms with Gasteiger partial charge in [-0.2, -0.15) is 0 Å². The number of nitrogens with one attached hydrogen (secondary N) is 1. The topological polar surface area (TPSA) is 32.3 Å². The molecule has 1 N–H and O–H groups in total. The molecule has 1 fully saturated rings. The standard InChI is InChI=1S/C15H21BrN2O/c1-18(2)13-8-6-11(7-9-13)15(19)17-14-5-3-4-12(14)10-16/h6-9,12,14H,3-5,10H2,1-2H3,(H,17,19). The van der Waals surface area contributed by atoms with Gasteiger partial charge in [0.25, 0.3) is 5.91 Å². The van der Waals surface area contributed by atoms with Gasteiger partial charge in [0.2, 0.25) is 0 Å². The van der Waals surface area contributed by atoms with Crippen LogP contribution in [0.5, 0.6) is 0 Å². The minimum atomic E-state index is 0.0446. The second-order valence-corrected chi connectivity index (χ2v) is 6.01. The molecule has 1 aliphatic rings. The number of hydrogen-bond acceptors (Lipinski definition) is 2. The molecule has 2 atom stereocenters. The van der Waals surface area contributed by atoms with Crippen LogP contribution in [0.25, 0.3) is 0 Å². The molecule has 0 spiro atoms. The molecule has 4 heteroatoms.